The average molecular weight is 298 g/mol. The number of esters is 1. The molecule has 6 heteroatoms. The van der Waals surface area contributed by atoms with E-state index in [1.807, 2.05) is 13.0 Å². The molecule has 0 radical (unpaired) electrons. The second kappa shape index (κ2) is 7.21. The molecule has 1 aromatic heterocycles. The summed E-state index contributed by atoms with van der Waals surface area (Å²) in [5, 5.41) is 6.23. The van der Waals surface area contributed by atoms with Gasteiger partial charge in [-0.1, -0.05) is 6.08 Å². The number of carbonyl (C=O) groups excluding carboxylic acids is 1. The lowest BCUT2D eigenvalue weighted by molar-refractivity contribution is 0.0601. The lowest BCUT2D eigenvalue weighted by atomic mass is 10.2. The molecule has 0 fully saturated rings. The van der Waals surface area contributed by atoms with E-state index in [1.54, 1.807) is 30.3 Å². The highest BCUT2D eigenvalue weighted by Gasteiger charge is 2.06. The number of hydrogen-bond acceptors (Lipinski definition) is 6. The van der Waals surface area contributed by atoms with E-state index in [4.69, 9.17) is 0 Å². The minimum atomic E-state index is -0.366. The third kappa shape index (κ3) is 4.05. The highest BCUT2D eigenvalue weighted by atomic mass is 16.5. The summed E-state index contributed by atoms with van der Waals surface area (Å²) in [5.41, 5.74) is 2.12. The zero-order chi connectivity index (χ0) is 15.9. The van der Waals surface area contributed by atoms with Crippen molar-refractivity contribution >= 4 is 23.4 Å². The second-order valence-corrected chi connectivity index (χ2v) is 4.58. The molecule has 114 valence electrons. The number of hydrogen-bond donors (Lipinski definition) is 2. The lowest BCUT2D eigenvalue weighted by Crippen LogP contribution is -2.05. The van der Waals surface area contributed by atoms with Crippen LogP contribution in [0.3, 0.4) is 0 Å². The van der Waals surface area contributed by atoms with Gasteiger partial charge in [-0.15, -0.1) is 6.58 Å². The van der Waals surface area contributed by atoms with E-state index in [0.29, 0.717) is 18.1 Å². The second-order valence-electron chi connectivity index (χ2n) is 4.58. The number of rotatable bonds is 6. The van der Waals surface area contributed by atoms with Gasteiger partial charge in [0.15, 0.2) is 0 Å². The van der Waals surface area contributed by atoms with Crippen molar-refractivity contribution in [2.75, 3.05) is 24.3 Å². The zero-order valence-corrected chi connectivity index (χ0v) is 12.6. The fourth-order valence-corrected chi connectivity index (χ4v) is 1.83. The van der Waals surface area contributed by atoms with E-state index in [9.17, 15) is 4.79 Å². The van der Waals surface area contributed by atoms with Crippen molar-refractivity contribution in [1.29, 1.82) is 0 Å². The summed E-state index contributed by atoms with van der Waals surface area (Å²) in [7, 11) is 1.35. The Balaban J connectivity index is 2.14. The normalized spacial score (nSPS) is 9.91. The summed E-state index contributed by atoms with van der Waals surface area (Å²) in [4.78, 5) is 20.1. The van der Waals surface area contributed by atoms with E-state index in [1.165, 1.54) is 7.11 Å². The van der Waals surface area contributed by atoms with Gasteiger partial charge in [0.1, 0.15) is 5.82 Å². The van der Waals surface area contributed by atoms with E-state index in [2.05, 4.69) is 31.9 Å². The van der Waals surface area contributed by atoms with Crippen molar-refractivity contribution in [3.63, 3.8) is 0 Å². The molecule has 0 aliphatic heterocycles. The summed E-state index contributed by atoms with van der Waals surface area (Å²) in [6.07, 6.45) is 1.76. The summed E-state index contributed by atoms with van der Waals surface area (Å²) >= 11 is 0. The van der Waals surface area contributed by atoms with Crippen molar-refractivity contribution in [2.45, 2.75) is 6.92 Å². The van der Waals surface area contributed by atoms with Crippen molar-refractivity contribution in [3.05, 3.63) is 54.2 Å². The molecule has 0 amide bonds. The van der Waals surface area contributed by atoms with Gasteiger partial charge in [0.25, 0.3) is 0 Å². The number of aryl methyl sites for hydroxylation is 1. The van der Waals surface area contributed by atoms with E-state index >= 15 is 0 Å². The first-order valence-corrected chi connectivity index (χ1v) is 6.78. The Hall–Kier alpha value is -2.89. The predicted molar refractivity (Wildman–Crippen MR) is 86.5 cm³/mol. The molecule has 2 aromatic rings. The van der Waals surface area contributed by atoms with Crippen LogP contribution >= 0.6 is 0 Å². The quantitative estimate of drug-likeness (QED) is 0.631. The number of carbonyl (C=O) groups is 1. The van der Waals surface area contributed by atoms with E-state index in [0.717, 1.165) is 17.2 Å². The lowest BCUT2D eigenvalue weighted by Gasteiger charge is -2.09. The van der Waals surface area contributed by atoms with Crippen LogP contribution in [0.2, 0.25) is 0 Å². The van der Waals surface area contributed by atoms with Gasteiger partial charge in [-0.25, -0.2) is 9.78 Å². The monoisotopic (exact) mass is 298 g/mol. The number of anilines is 3. The smallest absolute Gasteiger partial charge is 0.337 e. The number of nitrogens with zero attached hydrogens (tertiary/aromatic N) is 2. The molecule has 0 saturated heterocycles. The molecule has 1 heterocycles. The van der Waals surface area contributed by atoms with Crippen LogP contribution in [0.4, 0.5) is 17.5 Å². The molecule has 2 rings (SSSR count). The van der Waals surface area contributed by atoms with E-state index < -0.39 is 0 Å². The third-order valence-electron chi connectivity index (χ3n) is 2.84. The maximum atomic E-state index is 11.4. The van der Waals surface area contributed by atoms with Gasteiger partial charge in [-0.3, -0.25) is 0 Å². The van der Waals surface area contributed by atoms with Crippen LogP contribution in [0, 0.1) is 6.92 Å². The van der Waals surface area contributed by atoms with Gasteiger partial charge >= 0.3 is 5.97 Å². The Labute approximate surface area is 129 Å². The summed E-state index contributed by atoms with van der Waals surface area (Å²) in [5.74, 6) is 0.840. The number of methoxy groups -OCH3 is 1. The van der Waals surface area contributed by atoms with Crippen LogP contribution in [-0.4, -0.2) is 29.6 Å². The molecule has 0 aliphatic rings. The number of aromatic nitrogens is 2. The van der Waals surface area contributed by atoms with Crippen molar-refractivity contribution in [3.8, 4) is 0 Å². The zero-order valence-electron chi connectivity index (χ0n) is 12.6. The van der Waals surface area contributed by atoms with Crippen LogP contribution < -0.4 is 10.6 Å². The number of ether oxygens (including phenoxy) is 1. The standard InChI is InChI=1S/C16H18N4O2/c1-4-9-17-14-10-11(2)18-16(20-14)19-13-7-5-12(6-8-13)15(21)22-3/h4-8,10H,1,9H2,2-3H3,(H2,17,18,19,20). The summed E-state index contributed by atoms with van der Waals surface area (Å²) in [6.45, 7) is 6.18. The van der Waals surface area contributed by atoms with Crippen molar-refractivity contribution in [2.24, 2.45) is 0 Å². The molecule has 0 spiro atoms. The molecule has 0 saturated carbocycles. The largest absolute Gasteiger partial charge is 0.465 e. The molecule has 2 N–H and O–H groups in total. The van der Waals surface area contributed by atoms with Crippen LogP contribution in [0.5, 0.6) is 0 Å². The van der Waals surface area contributed by atoms with Crippen molar-refractivity contribution in [1.82, 2.24) is 9.97 Å². The number of nitrogens with one attached hydrogen (secondary N) is 2. The Kier molecular flexibility index (Phi) is 5.08. The van der Waals surface area contributed by atoms with Crippen LogP contribution in [-0.2, 0) is 4.74 Å². The number of benzene rings is 1. The van der Waals surface area contributed by atoms with Gasteiger partial charge < -0.3 is 15.4 Å². The van der Waals surface area contributed by atoms with Gasteiger partial charge in [0.2, 0.25) is 5.95 Å². The van der Waals surface area contributed by atoms with Crippen molar-refractivity contribution < 1.29 is 9.53 Å². The predicted octanol–water partition coefficient (Wildman–Crippen LogP) is 2.91. The first-order valence-electron chi connectivity index (χ1n) is 6.78. The van der Waals surface area contributed by atoms with Gasteiger partial charge in [-0.05, 0) is 31.2 Å². The topological polar surface area (TPSA) is 76.1 Å². The first-order chi connectivity index (χ1) is 10.6. The third-order valence-corrected chi connectivity index (χ3v) is 2.84. The Morgan fingerprint density at radius 1 is 1.32 bits per heavy atom. The van der Waals surface area contributed by atoms with Gasteiger partial charge in [0, 0.05) is 24.0 Å². The van der Waals surface area contributed by atoms with Crippen LogP contribution in [0.15, 0.2) is 43.0 Å². The Bertz CT molecular complexity index is 668. The van der Waals surface area contributed by atoms with Gasteiger partial charge in [-0.2, -0.15) is 4.98 Å². The van der Waals surface area contributed by atoms with E-state index in [-0.39, 0.29) is 5.97 Å². The molecule has 1 aromatic carbocycles. The molecule has 6 nitrogen and oxygen atoms in total. The first kappa shape index (κ1) is 15.5. The maximum Gasteiger partial charge on any atom is 0.337 e. The summed E-state index contributed by atoms with van der Waals surface area (Å²) in [6, 6.07) is 8.76. The molecule has 0 bridgehead atoms. The minimum Gasteiger partial charge on any atom is -0.465 e. The highest BCUT2D eigenvalue weighted by molar-refractivity contribution is 5.89. The molecule has 0 aliphatic carbocycles. The Morgan fingerprint density at radius 3 is 2.68 bits per heavy atom. The maximum absolute atomic E-state index is 11.4. The Morgan fingerprint density at radius 2 is 2.05 bits per heavy atom. The molecule has 0 unspecified atom stereocenters. The molecular weight excluding hydrogens is 280 g/mol. The van der Waals surface area contributed by atoms with Crippen LogP contribution in [0.1, 0.15) is 16.1 Å². The molecule has 22 heavy (non-hydrogen) atoms. The summed E-state index contributed by atoms with van der Waals surface area (Å²) < 4.78 is 4.66. The van der Waals surface area contributed by atoms with Crippen LogP contribution in [0.25, 0.3) is 0 Å². The average Bonchev–Trinajstić information content (AvgIpc) is 2.52. The molecule has 0 atom stereocenters. The molecular formula is C16H18N4O2. The minimum absolute atomic E-state index is 0.366. The highest BCUT2D eigenvalue weighted by Crippen LogP contribution is 2.16. The fourth-order valence-electron chi connectivity index (χ4n) is 1.83. The van der Waals surface area contributed by atoms with Gasteiger partial charge in [0.05, 0.1) is 12.7 Å². The SMILES string of the molecule is C=CCNc1cc(C)nc(Nc2ccc(C(=O)OC)cc2)n1. The fraction of sp³-hybridized carbons (Fsp3) is 0.188.